The maximum absolute atomic E-state index is 12.1. The molecule has 1 N–H and O–H groups in total. The smallest absolute Gasteiger partial charge is 0.422 e. The second kappa shape index (κ2) is 9.45. The first-order chi connectivity index (χ1) is 12.7. The Morgan fingerprint density at radius 2 is 1.81 bits per heavy atom. The van der Waals surface area contributed by atoms with Gasteiger partial charge in [0, 0.05) is 5.02 Å². The third-order valence-corrected chi connectivity index (χ3v) is 3.65. The molecule has 0 aliphatic heterocycles. The second-order valence-corrected chi connectivity index (χ2v) is 6.10. The van der Waals surface area contributed by atoms with Gasteiger partial charge in [0.2, 0.25) is 5.91 Å². The van der Waals surface area contributed by atoms with Crippen molar-refractivity contribution >= 4 is 17.5 Å². The summed E-state index contributed by atoms with van der Waals surface area (Å²) in [5.74, 6) is 0.373. The van der Waals surface area contributed by atoms with E-state index in [0.29, 0.717) is 16.5 Å². The van der Waals surface area contributed by atoms with Crippen LogP contribution >= 0.6 is 11.6 Å². The Kier molecular flexibility index (Phi) is 7.29. The summed E-state index contributed by atoms with van der Waals surface area (Å²) in [7, 11) is 0. The van der Waals surface area contributed by atoms with Crippen molar-refractivity contribution in [2.45, 2.75) is 25.6 Å². The molecule has 5 nitrogen and oxygen atoms in total. The fourth-order valence-electron chi connectivity index (χ4n) is 2.08. The van der Waals surface area contributed by atoms with Crippen LogP contribution in [-0.4, -0.2) is 30.3 Å². The second-order valence-electron chi connectivity index (χ2n) is 5.66. The number of amides is 1. The van der Waals surface area contributed by atoms with Gasteiger partial charge in [-0.1, -0.05) is 11.6 Å². The monoisotopic (exact) mass is 402 g/mol. The number of carbonyl (C=O) groups excluding carboxylic acids is 1. The van der Waals surface area contributed by atoms with E-state index in [1.807, 2.05) is 0 Å². The SMILES string of the molecule is C[C@@H](NC(=O)CCOc1ccc(Cl)cc1)c1ccc(OCC(F)(F)F)cn1. The van der Waals surface area contributed by atoms with Gasteiger partial charge in [-0.05, 0) is 43.3 Å². The first-order valence-electron chi connectivity index (χ1n) is 8.06. The number of rotatable bonds is 8. The molecule has 9 heteroatoms. The number of aromatic nitrogens is 1. The van der Waals surface area contributed by atoms with Gasteiger partial charge in [0.1, 0.15) is 11.5 Å². The lowest BCUT2D eigenvalue weighted by molar-refractivity contribution is -0.153. The standard InChI is InChI=1S/C18H18ClF3N2O3/c1-12(16-7-6-15(10-23-16)27-11-18(20,21)22)24-17(25)8-9-26-14-4-2-13(19)3-5-14/h2-7,10,12H,8-9,11H2,1H3,(H,24,25)/t12-/m1/s1. The van der Waals surface area contributed by atoms with E-state index in [-0.39, 0.29) is 24.7 Å². The van der Waals surface area contributed by atoms with Crippen LogP contribution in [0.15, 0.2) is 42.6 Å². The first-order valence-corrected chi connectivity index (χ1v) is 8.44. The minimum absolute atomic E-state index is 0.00552. The summed E-state index contributed by atoms with van der Waals surface area (Å²) in [5.41, 5.74) is 0.501. The van der Waals surface area contributed by atoms with Crippen LogP contribution in [0, 0.1) is 0 Å². The average Bonchev–Trinajstić information content (AvgIpc) is 2.61. The molecule has 0 unspecified atom stereocenters. The summed E-state index contributed by atoms with van der Waals surface area (Å²) < 4.78 is 46.4. The maximum Gasteiger partial charge on any atom is 0.422 e. The minimum Gasteiger partial charge on any atom is -0.493 e. The van der Waals surface area contributed by atoms with E-state index >= 15 is 0 Å². The Labute approximate surface area is 159 Å². The Morgan fingerprint density at radius 1 is 1.15 bits per heavy atom. The van der Waals surface area contributed by atoms with Crippen LogP contribution in [-0.2, 0) is 4.79 Å². The Balaban J connectivity index is 1.75. The molecule has 1 aromatic carbocycles. The predicted octanol–water partition coefficient (Wildman–Crippen LogP) is 4.32. The van der Waals surface area contributed by atoms with Crippen molar-refractivity contribution in [3.05, 3.63) is 53.3 Å². The zero-order valence-corrected chi connectivity index (χ0v) is 15.2. The molecule has 0 aliphatic carbocycles. The molecule has 1 amide bonds. The highest BCUT2D eigenvalue weighted by molar-refractivity contribution is 6.30. The topological polar surface area (TPSA) is 60.5 Å². The van der Waals surface area contributed by atoms with Crippen LogP contribution in [0.25, 0.3) is 0 Å². The Bertz CT molecular complexity index is 737. The molecule has 0 radical (unpaired) electrons. The minimum atomic E-state index is -4.41. The molecule has 0 saturated carbocycles. The molecule has 2 aromatic rings. The summed E-state index contributed by atoms with van der Waals surface area (Å²) >= 11 is 5.78. The van der Waals surface area contributed by atoms with Gasteiger partial charge >= 0.3 is 6.18 Å². The summed E-state index contributed by atoms with van der Waals surface area (Å²) in [6.45, 7) is 0.530. The number of pyridine rings is 1. The molecule has 27 heavy (non-hydrogen) atoms. The highest BCUT2D eigenvalue weighted by Gasteiger charge is 2.28. The Hall–Kier alpha value is -2.48. The zero-order chi connectivity index (χ0) is 19.9. The normalized spacial score (nSPS) is 12.3. The molecule has 0 bridgehead atoms. The van der Waals surface area contributed by atoms with Gasteiger partial charge in [0.05, 0.1) is 31.0 Å². The zero-order valence-electron chi connectivity index (χ0n) is 14.4. The number of halogens is 4. The molecule has 0 fully saturated rings. The van der Waals surface area contributed by atoms with E-state index in [1.165, 1.54) is 18.3 Å². The number of nitrogens with one attached hydrogen (secondary N) is 1. The number of ether oxygens (including phenoxy) is 2. The lowest BCUT2D eigenvalue weighted by Gasteiger charge is -2.14. The predicted molar refractivity (Wildman–Crippen MR) is 93.9 cm³/mol. The van der Waals surface area contributed by atoms with Gasteiger partial charge in [0.15, 0.2) is 6.61 Å². The molecule has 1 aromatic heterocycles. The van der Waals surface area contributed by atoms with Gasteiger partial charge in [-0.15, -0.1) is 0 Å². The van der Waals surface area contributed by atoms with E-state index in [9.17, 15) is 18.0 Å². The summed E-state index contributed by atoms with van der Waals surface area (Å²) in [5, 5.41) is 3.34. The summed E-state index contributed by atoms with van der Waals surface area (Å²) in [4.78, 5) is 16.0. The van der Waals surface area contributed by atoms with E-state index in [0.717, 1.165) is 0 Å². The van der Waals surface area contributed by atoms with Crippen molar-refractivity contribution in [3.8, 4) is 11.5 Å². The number of nitrogens with zero attached hydrogens (tertiary/aromatic N) is 1. The molecule has 1 heterocycles. The molecular weight excluding hydrogens is 385 g/mol. The van der Waals surface area contributed by atoms with Crippen molar-refractivity contribution in [1.29, 1.82) is 0 Å². The quantitative estimate of drug-likeness (QED) is 0.714. The number of carbonyl (C=O) groups is 1. The molecule has 146 valence electrons. The van der Waals surface area contributed by atoms with Crippen molar-refractivity contribution in [3.63, 3.8) is 0 Å². The number of hydrogen-bond acceptors (Lipinski definition) is 4. The lowest BCUT2D eigenvalue weighted by Crippen LogP contribution is -2.28. The van der Waals surface area contributed by atoms with Crippen LogP contribution < -0.4 is 14.8 Å². The summed E-state index contributed by atoms with van der Waals surface area (Å²) in [6, 6.07) is 9.25. The highest BCUT2D eigenvalue weighted by atomic mass is 35.5. The average molecular weight is 403 g/mol. The van der Waals surface area contributed by atoms with Crippen molar-refractivity contribution < 1.29 is 27.4 Å². The van der Waals surface area contributed by atoms with E-state index < -0.39 is 18.8 Å². The molecule has 0 aliphatic rings. The van der Waals surface area contributed by atoms with Gasteiger partial charge < -0.3 is 14.8 Å². The fourth-order valence-corrected chi connectivity index (χ4v) is 2.20. The number of alkyl halides is 3. The molecule has 1 atom stereocenters. The molecule has 2 rings (SSSR count). The lowest BCUT2D eigenvalue weighted by atomic mass is 10.2. The van der Waals surface area contributed by atoms with Crippen LogP contribution in [0.3, 0.4) is 0 Å². The van der Waals surface area contributed by atoms with Gasteiger partial charge in [0.25, 0.3) is 0 Å². The van der Waals surface area contributed by atoms with Gasteiger partial charge in [-0.3, -0.25) is 9.78 Å². The largest absolute Gasteiger partial charge is 0.493 e. The van der Waals surface area contributed by atoms with Crippen LogP contribution in [0.5, 0.6) is 11.5 Å². The van der Waals surface area contributed by atoms with Crippen molar-refractivity contribution in [1.82, 2.24) is 10.3 Å². The van der Waals surface area contributed by atoms with Crippen LogP contribution in [0.2, 0.25) is 5.02 Å². The van der Waals surface area contributed by atoms with Crippen LogP contribution in [0.1, 0.15) is 25.1 Å². The third kappa shape index (κ3) is 7.74. The van der Waals surface area contributed by atoms with E-state index in [1.54, 1.807) is 31.2 Å². The highest BCUT2D eigenvalue weighted by Crippen LogP contribution is 2.19. The van der Waals surface area contributed by atoms with Crippen LogP contribution in [0.4, 0.5) is 13.2 Å². The van der Waals surface area contributed by atoms with Gasteiger partial charge in [-0.25, -0.2) is 0 Å². The maximum atomic E-state index is 12.1. The molecule has 0 spiro atoms. The fraction of sp³-hybridized carbons (Fsp3) is 0.333. The third-order valence-electron chi connectivity index (χ3n) is 3.39. The number of benzene rings is 1. The van der Waals surface area contributed by atoms with Gasteiger partial charge in [-0.2, -0.15) is 13.2 Å². The molecular formula is C18H18ClF3N2O3. The van der Waals surface area contributed by atoms with E-state index in [4.69, 9.17) is 16.3 Å². The summed E-state index contributed by atoms with van der Waals surface area (Å²) in [6.07, 6.45) is -3.08. The van der Waals surface area contributed by atoms with E-state index in [2.05, 4.69) is 15.0 Å². The van der Waals surface area contributed by atoms with Crippen molar-refractivity contribution in [2.75, 3.05) is 13.2 Å². The number of hydrogen-bond donors (Lipinski definition) is 1. The Morgan fingerprint density at radius 3 is 2.41 bits per heavy atom. The van der Waals surface area contributed by atoms with Crippen molar-refractivity contribution in [2.24, 2.45) is 0 Å². The first kappa shape index (κ1) is 20.8. The molecule has 0 saturated heterocycles.